The van der Waals surface area contributed by atoms with E-state index >= 15 is 0 Å². The van der Waals surface area contributed by atoms with Crippen LogP contribution in [0.5, 0.6) is 0 Å². The minimum absolute atomic E-state index is 0.0485. The average Bonchev–Trinajstić information content (AvgIpc) is 3.61. The fourth-order valence-electron chi connectivity index (χ4n) is 9.91. The van der Waals surface area contributed by atoms with Gasteiger partial charge in [0.15, 0.2) is 0 Å². The summed E-state index contributed by atoms with van der Waals surface area (Å²) in [4.78, 5) is 23.4. The van der Waals surface area contributed by atoms with Gasteiger partial charge in [0.2, 0.25) is 5.91 Å². The van der Waals surface area contributed by atoms with Gasteiger partial charge in [-0.05, 0) is 109 Å². The number of rotatable bonds is 65. The van der Waals surface area contributed by atoms with Crippen LogP contribution in [0, 0.1) is 0 Å². The van der Waals surface area contributed by atoms with Gasteiger partial charge in [-0.2, -0.15) is 0 Å². The third kappa shape index (κ3) is 71.4. The summed E-state index contributed by atoms with van der Waals surface area (Å²) in [6.45, 7) is 4.69. The number of nitrogens with one attached hydrogen (secondary N) is 1. The smallest absolute Gasteiger partial charge is 0.387 e. The molecule has 1 amide bonds. The second-order valence-corrected chi connectivity index (χ2v) is 26.7. The summed E-state index contributed by atoms with van der Waals surface area (Å²) in [5.74, 6) is -0.205. The van der Waals surface area contributed by atoms with Gasteiger partial charge >= 0.3 is 7.82 Å². The SMILES string of the molecule is CC/C=C\C/C=C\C/C=C\C/C=C\C/C=C\C/C=C\C/C=C\C/C=C\C/C=C\C/C=C\C/C=C\C/C=C\CCCCCCC(=O)NC(COP(=O)(O)OCC[N+](C)(C)C)C(O)/C=C/CCCCCCCCCCCCCCCCCCCCCCCCCC. The summed E-state index contributed by atoms with van der Waals surface area (Å²) >= 11 is 0. The minimum atomic E-state index is -4.37. The summed E-state index contributed by atoms with van der Waals surface area (Å²) in [6, 6.07) is -0.874. The fraction of sp³-hybridized carbons (Fsp3) is 0.662. The normalized spacial score (nSPS) is 14.6. The van der Waals surface area contributed by atoms with E-state index in [1.54, 1.807) is 6.08 Å². The van der Waals surface area contributed by atoms with E-state index in [9.17, 15) is 19.4 Å². The molecule has 8 nitrogen and oxygen atoms in total. The van der Waals surface area contributed by atoms with Gasteiger partial charge in [0.05, 0.1) is 39.9 Å². The van der Waals surface area contributed by atoms with Crippen molar-refractivity contribution in [3.63, 3.8) is 0 Å². The van der Waals surface area contributed by atoms with Crippen molar-refractivity contribution in [2.75, 3.05) is 40.9 Å². The van der Waals surface area contributed by atoms with Crippen LogP contribution in [0.15, 0.2) is 158 Å². The molecule has 0 aromatic carbocycles. The number of allylic oxidation sites excluding steroid dienone is 25. The molecule has 0 aromatic rings. The molecule has 3 atom stereocenters. The quantitative estimate of drug-likeness (QED) is 0.0243. The monoisotopic (exact) mass is 1250 g/mol. The molecule has 0 radical (unpaired) electrons. The Kier molecular flexibility index (Phi) is 65.5. The third-order valence-corrected chi connectivity index (χ3v) is 16.5. The van der Waals surface area contributed by atoms with Gasteiger partial charge < -0.3 is 19.8 Å². The predicted molar refractivity (Wildman–Crippen MR) is 391 cm³/mol. The topological polar surface area (TPSA) is 105 Å². The molecule has 0 rings (SSSR count). The first-order chi connectivity index (χ1) is 43.5. The van der Waals surface area contributed by atoms with Crippen molar-refractivity contribution in [1.82, 2.24) is 5.32 Å². The molecule has 0 aliphatic heterocycles. The van der Waals surface area contributed by atoms with Gasteiger partial charge in [0.1, 0.15) is 13.2 Å². The maximum absolute atomic E-state index is 13.1. The number of hydrogen-bond donors (Lipinski definition) is 3. The predicted octanol–water partition coefficient (Wildman–Crippen LogP) is 23.7. The Bertz CT molecular complexity index is 2010. The standard InChI is InChI=1S/C80H137N2O6P/c1-6-8-10-12-14-16-18-20-22-24-26-28-30-32-34-35-36-37-38-39-40-41-42-43-44-45-46-47-48-50-52-54-56-58-60-62-64-66-68-70-72-74-80(84)81-78(77-88-89(85,86)87-76-75-82(3,4)5)79(83)73-71-69-67-65-63-61-59-57-55-53-51-49-33-31-29-27-25-23-21-19-17-15-13-11-9-7-2/h8,10,14,16,20,22,26,28,32,34,36-37,39-40,42-43,45-46,48,50,54,56,60,62,71,73,78-79,83H,6-7,9,11-13,15,17-19,21,23-25,27,29-31,33,35,38,41,44,47,49,51-53,55,57-59,61,63-70,72,74-77H2,1-5H3,(H-,81,84,85,86)/p+1/b10-8-,16-14-,22-20-,28-26-,34-32-,37-36-,40-39-,43-42-,46-45-,50-48-,56-54-,62-60-,73-71+. The zero-order valence-corrected chi connectivity index (χ0v) is 59.0. The maximum atomic E-state index is 13.1. The van der Waals surface area contributed by atoms with Crippen LogP contribution in [0.25, 0.3) is 0 Å². The minimum Gasteiger partial charge on any atom is -0.387 e. The Morgan fingerprint density at radius 3 is 0.989 bits per heavy atom. The van der Waals surface area contributed by atoms with Crippen LogP contribution in [0.1, 0.15) is 290 Å². The van der Waals surface area contributed by atoms with Gasteiger partial charge in [0.25, 0.3) is 0 Å². The number of likely N-dealkylation sites (N-methyl/N-ethyl adjacent to an activating group) is 1. The second kappa shape index (κ2) is 68.5. The van der Waals surface area contributed by atoms with Crippen molar-refractivity contribution >= 4 is 13.7 Å². The molecule has 89 heavy (non-hydrogen) atoms. The Morgan fingerprint density at radius 1 is 0.393 bits per heavy atom. The van der Waals surface area contributed by atoms with E-state index in [-0.39, 0.29) is 19.1 Å². The largest absolute Gasteiger partial charge is 0.472 e. The lowest BCUT2D eigenvalue weighted by atomic mass is 10.0. The van der Waals surface area contributed by atoms with E-state index < -0.39 is 20.0 Å². The number of unbranched alkanes of at least 4 members (excludes halogenated alkanes) is 28. The highest BCUT2D eigenvalue weighted by atomic mass is 31.2. The van der Waals surface area contributed by atoms with Crippen LogP contribution >= 0.6 is 7.82 Å². The molecule has 508 valence electrons. The van der Waals surface area contributed by atoms with Crippen molar-refractivity contribution in [3.8, 4) is 0 Å². The number of carbonyl (C=O) groups excluding carboxylic acids is 1. The van der Waals surface area contributed by atoms with E-state index in [0.29, 0.717) is 17.4 Å². The van der Waals surface area contributed by atoms with Crippen LogP contribution in [0.2, 0.25) is 0 Å². The lowest BCUT2D eigenvalue weighted by Gasteiger charge is -2.25. The first kappa shape index (κ1) is 85.1. The molecule has 0 saturated carbocycles. The number of quaternary nitrogens is 1. The number of amides is 1. The molecule has 0 heterocycles. The summed E-state index contributed by atoms with van der Waals surface area (Å²) < 4.78 is 23.8. The Labute approximate surface area is 550 Å². The molecular formula is C80H138N2O6P+. The Balaban J connectivity index is 4.19. The van der Waals surface area contributed by atoms with Crippen molar-refractivity contribution < 1.29 is 32.9 Å². The van der Waals surface area contributed by atoms with Crippen molar-refractivity contribution in [1.29, 1.82) is 0 Å². The zero-order chi connectivity index (χ0) is 64.8. The first-order valence-corrected chi connectivity index (χ1v) is 37.9. The van der Waals surface area contributed by atoms with Crippen molar-refractivity contribution in [3.05, 3.63) is 158 Å². The first-order valence-electron chi connectivity index (χ1n) is 36.4. The highest BCUT2D eigenvalue weighted by Crippen LogP contribution is 2.43. The van der Waals surface area contributed by atoms with Crippen molar-refractivity contribution in [2.45, 2.75) is 302 Å². The van der Waals surface area contributed by atoms with E-state index in [2.05, 4.69) is 165 Å². The number of hydrogen-bond acceptors (Lipinski definition) is 5. The molecule has 0 aromatic heterocycles. The Morgan fingerprint density at radius 2 is 0.674 bits per heavy atom. The molecule has 9 heteroatoms. The molecule has 0 aliphatic carbocycles. The van der Waals surface area contributed by atoms with Gasteiger partial charge in [-0.3, -0.25) is 13.8 Å². The van der Waals surface area contributed by atoms with Crippen LogP contribution in [-0.4, -0.2) is 73.4 Å². The van der Waals surface area contributed by atoms with Crippen molar-refractivity contribution in [2.24, 2.45) is 0 Å². The number of nitrogens with zero attached hydrogens (tertiary/aromatic N) is 1. The number of phosphoric acid groups is 1. The molecule has 0 spiro atoms. The highest BCUT2D eigenvalue weighted by molar-refractivity contribution is 7.47. The number of aliphatic hydroxyl groups is 1. The van der Waals surface area contributed by atoms with E-state index in [4.69, 9.17) is 9.05 Å². The second-order valence-electron chi connectivity index (χ2n) is 25.2. The lowest BCUT2D eigenvalue weighted by molar-refractivity contribution is -0.870. The third-order valence-electron chi connectivity index (χ3n) is 15.5. The van der Waals surface area contributed by atoms with Crippen LogP contribution in [0.4, 0.5) is 0 Å². The summed E-state index contributed by atoms with van der Waals surface area (Å²) in [6.07, 6.45) is 107. The van der Waals surface area contributed by atoms with Gasteiger partial charge in [-0.15, -0.1) is 0 Å². The molecule has 0 bridgehead atoms. The summed E-state index contributed by atoms with van der Waals surface area (Å²) in [7, 11) is 1.54. The Hall–Kier alpha value is -3.88. The number of phosphoric ester groups is 1. The van der Waals surface area contributed by atoms with Crippen LogP contribution in [-0.2, 0) is 18.4 Å². The van der Waals surface area contributed by atoms with E-state index in [1.807, 2.05) is 27.2 Å². The van der Waals surface area contributed by atoms with Crippen LogP contribution < -0.4 is 5.32 Å². The lowest BCUT2D eigenvalue weighted by Crippen LogP contribution is -2.45. The summed E-state index contributed by atoms with van der Waals surface area (Å²) in [5.41, 5.74) is 0. The fourth-order valence-corrected chi connectivity index (χ4v) is 10.6. The highest BCUT2D eigenvalue weighted by Gasteiger charge is 2.28. The zero-order valence-electron chi connectivity index (χ0n) is 58.1. The molecule has 0 saturated heterocycles. The van der Waals surface area contributed by atoms with Gasteiger partial charge in [0, 0.05) is 6.42 Å². The molecule has 0 fully saturated rings. The molecule has 3 N–H and O–H groups in total. The molecular weight excluding hydrogens is 1120 g/mol. The number of aliphatic hydroxyl groups excluding tert-OH is 1. The van der Waals surface area contributed by atoms with Crippen LogP contribution in [0.3, 0.4) is 0 Å². The summed E-state index contributed by atoms with van der Waals surface area (Å²) in [5, 5.41) is 14.0. The van der Waals surface area contributed by atoms with E-state index in [1.165, 1.54) is 141 Å². The molecule has 3 unspecified atom stereocenters. The number of carbonyl (C=O) groups is 1. The van der Waals surface area contributed by atoms with Gasteiger partial charge in [-0.1, -0.05) is 332 Å². The van der Waals surface area contributed by atoms with Gasteiger partial charge in [-0.25, -0.2) is 4.57 Å². The van der Waals surface area contributed by atoms with E-state index in [0.717, 1.165) is 128 Å². The maximum Gasteiger partial charge on any atom is 0.472 e. The average molecular weight is 1250 g/mol. The molecule has 0 aliphatic rings.